The Labute approximate surface area is 94.7 Å². The van der Waals surface area contributed by atoms with Gasteiger partial charge in [-0.1, -0.05) is 0 Å². The molecule has 16 heavy (non-hydrogen) atoms. The van der Waals surface area contributed by atoms with Crippen molar-refractivity contribution >= 4 is 5.82 Å². The summed E-state index contributed by atoms with van der Waals surface area (Å²) in [4.78, 5) is 8.21. The molecule has 0 aliphatic carbocycles. The number of rotatable bonds is 4. The summed E-state index contributed by atoms with van der Waals surface area (Å²) in [6.07, 6.45) is 4.10. The van der Waals surface area contributed by atoms with E-state index >= 15 is 0 Å². The second-order valence-corrected chi connectivity index (χ2v) is 3.87. The topological polar surface area (TPSA) is 51.0 Å². The van der Waals surface area contributed by atoms with E-state index in [1.54, 1.807) is 12.6 Å². The number of nitrogens with zero attached hydrogens (tertiary/aromatic N) is 2. The monoisotopic (exact) mass is 217 g/mol. The molecule has 84 valence electrons. The molecular formula is C12H15N3O. The van der Waals surface area contributed by atoms with Gasteiger partial charge in [-0.25, -0.2) is 9.97 Å². The van der Waals surface area contributed by atoms with Gasteiger partial charge in [-0.05, 0) is 26.0 Å². The van der Waals surface area contributed by atoms with Crippen LogP contribution < -0.4 is 5.32 Å². The summed E-state index contributed by atoms with van der Waals surface area (Å²) >= 11 is 0. The lowest BCUT2D eigenvalue weighted by Crippen LogP contribution is -2.18. The normalized spacial score (nSPS) is 12.4. The molecule has 1 N–H and O–H groups in total. The lowest BCUT2D eigenvalue weighted by atomic mass is 10.2. The Kier molecular flexibility index (Phi) is 3.19. The van der Waals surface area contributed by atoms with Crippen LogP contribution in [-0.4, -0.2) is 16.0 Å². The molecule has 0 saturated carbocycles. The van der Waals surface area contributed by atoms with Crippen molar-refractivity contribution < 1.29 is 4.42 Å². The van der Waals surface area contributed by atoms with Gasteiger partial charge in [-0.3, -0.25) is 0 Å². The Hall–Kier alpha value is -1.84. The van der Waals surface area contributed by atoms with Gasteiger partial charge in [0.15, 0.2) is 0 Å². The third-order valence-corrected chi connectivity index (χ3v) is 2.29. The summed E-state index contributed by atoms with van der Waals surface area (Å²) in [5.41, 5.74) is 0.961. The first-order chi connectivity index (χ1) is 7.74. The minimum atomic E-state index is 0.278. The van der Waals surface area contributed by atoms with Crippen LogP contribution in [0.1, 0.15) is 18.4 Å². The van der Waals surface area contributed by atoms with Gasteiger partial charge >= 0.3 is 0 Å². The van der Waals surface area contributed by atoms with Crippen molar-refractivity contribution in [2.75, 3.05) is 5.32 Å². The maximum atomic E-state index is 5.29. The van der Waals surface area contributed by atoms with Crippen LogP contribution in [0.4, 0.5) is 5.82 Å². The summed E-state index contributed by atoms with van der Waals surface area (Å²) in [6.45, 7) is 4.05. The lowest BCUT2D eigenvalue weighted by Gasteiger charge is -2.12. The second kappa shape index (κ2) is 4.79. The van der Waals surface area contributed by atoms with Crippen LogP contribution in [-0.2, 0) is 6.42 Å². The Morgan fingerprint density at radius 1 is 1.44 bits per heavy atom. The summed E-state index contributed by atoms with van der Waals surface area (Å²) in [5.74, 6) is 1.83. The second-order valence-electron chi connectivity index (χ2n) is 3.87. The number of nitrogens with one attached hydrogen (secondary N) is 1. The molecule has 0 aliphatic rings. The third kappa shape index (κ3) is 2.82. The zero-order chi connectivity index (χ0) is 11.4. The van der Waals surface area contributed by atoms with Crippen molar-refractivity contribution in [2.24, 2.45) is 0 Å². The van der Waals surface area contributed by atoms with Gasteiger partial charge in [0.25, 0.3) is 0 Å². The fourth-order valence-corrected chi connectivity index (χ4v) is 1.57. The summed E-state index contributed by atoms with van der Waals surface area (Å²) < 4.78 is 5.29. The first-order valence-electron chi connectivity index (χ1n) is 5.31. The van der Waals surface area contributed by atoms with Gasteiger partial charge in [0.05, 0.1) is 6.26 Å². The van der Waals surface area contributed by atoms with Gasteiger partial charge in [-0.15, -0.1) is 0 Å². The highest BCUT2D eigenvalue weighted by Gasteiger charge is 2.06. The molecule has 2 aromatic rings. The largest absolute Gasteiger partial charge is 0.469 e. The van der Waals surface area contributed by atoms with Crippen molar-refractivity contribution in [2.45, 2.75) is 26.3 Å². The van der Waals surface area contributed by atoms with Crippen molar-refractivity contribution in [3.63, 3.8) is 0 Å². The highest BCUT2D eigenvalue weighted by atomic mass is 16.3. The van der Waals surface area contributed by atoms with E-state index in [0.29, 0.717) is 0 Å². The van der Waals surface area contributed by atoms with Crippen molar-refractivity contribution in [3.8, 4) is 0 Å². The van der Waals surface area contributed by atoms with Crippen LogP contribution in [0.2, 0.25) is 0 Å². The average Bonchev–Trinajstić information content (AvgIpc) is 2.70. The molecule has 0 aliphatic heterocycles. The summed E-state index contributed by atoms with van der Waals surface area (Å²) in [6, 6.07) is 6.08. The fourth-order valence-electron chi connectivity index (χ4n) is 1.57. The van der Waals surface area contributed by atoms with Gasteiger partial charge in [-0.2, -0.15) is 0 Å². The van der Waals surface area contributed by atoms with E-state index in [4.69, 9.17) is 4.42 Å². The average molecular weight is 217 g/mol. The highest BCUT2D eigenvalue weighted by molar-refractivity contribution is 5.35. The van der Waals surface area contributed by atoms with Crippen LogP contribution in [0.25, 0.3) is 0 Å². The van der Waals surface area contributed by atoms with E-state index in [9.17, 15) is 0 Å². The van der Waals surface area contributed by atoms with E-state index in [1.807, 2.05) is 25.1 Å². The first kappa shape index (κ1) is 10.7. The lowest BCUT2D eigenvalue weighted by molar-refractivity contribution is 0.497. The molecule has 0 radical (unpaired) electrons. The molecule has 4 nitrogen and oxygen atoms in total. The van der Waals surface area contributed by atoms with Crippen LogP contribution in [0.5, 0.6) is 0 Å². The van der Waals surface area contributed by atoms with E-state index in [0.717, 1.165) is 23.7 Å². The van der Waals surface area contributed by atoms with Crippen LogP contribution >= 0.6 is 0 Å². The minimum Gasteiger partial charge on any atom is -0.469 e. The molecule has 1 unspecified atom stereocenters. The maximum Gasteiger partial charge on any atom is 0.129 e. The Morgan fingerprint density at radius 2 is 2.31 bits per heavy atom. The van der Waals surface area contributed by atoms with Crippen molar-refractivity contribution in [1.29, 1.82) is 0 Å². The molecule has 0 bridgehead atoms. The quantitative estimate of drug-likeness (QED) is 0.854. The van der Waals surface area contributed by atoms with Gasteiger partial charge < -0.3 is 9.73 Å². The van der Waals surface area contributed by atoms with E-state index in [2.05, 4.69) is 22.2 Å². The fraction of sp³-hybridized carbons (Fsp3) is 0.333. The number of hydrogen-bond donors (Lipinski definition) is 1. The molecule has 2 rings (SSSR count). The van der Waals surface area contributed by atoms with Gasteiger partial charge in [0, 0.05) is 24.2 Å². The summed E-state index contributed by atoms with van der Waals surface area (Å²) in [5, 5.41) is 3.31. The standard InChI is InChI=1S/C12H15N3O/c1-9-7-12(14-8-13-9)15-10(2)6-11-4-3-5-16-11/h3-5,7-8,10H,6H2,1-2H3,(H,13,14,15). The highest BCUT2D eigenvalue weighted by Crippen LogP contribution is 2.09. The molecule has 4 heteroatoms. The number of furan rings is 1. The zero-order valence-electron chi connectivity index (χ0n) is 9.47. The number of hydrogen-bond acceptors (Lipinski definition) is 4. The Morgan fingerprint density at radius 3 is 3.00 bits per heavy atom. The maximum absolute atomic E-state index is 5.29. The molecule has 1 atom stereocenters. The molecule has 2 aromatic heterocycles. The smallest absolute Gasteiger partial charge is 0.129 e. The SMILES string of the molecule is Cc1cc(NC(C)Cc2ccco2)ncn1. The van der Waals surface area contributed by atoms with Crippen LogP contribution in [0.15, 0.2) is 35.2 Å². The predicted octanol–water partition coefficient (Wildman–Crippen LogP) is 2.42. The third-order valence-electron chi connectivity index (χ3n) is 2.29. The van der Waals surface area contributed by atoms with Crippen LogP contribution in [0, 0.1) is 6.92 Å². The van der Waals surface area contributed by atoms with E-state index < -0.39 is 0 Å². The molecule has 0 fully saturated rings. The number of anilines is 1. The van der Waals surface area contributed by atoms with Gasteiger partial charge in [0.1, 0.15) is 17.9 Å². The minimum absolute atomic E-state index is 0.278. The van der Waals surface area contributed by atoms with E-state index in [-0.39, 0.29) is 6.04 Å². The van der Waals surface area contributed by atoms with Crippen molar-refractivity contribution in [3.05, 3.63) is 42.2 Å². The van der Waals surface area contributed by atoms with Gasteiger partial charge in [0.2, 0.25) is 0 Å². The number of aryl methyl sites for hydroxylation is 1. The Balaban J connectivity index is 1.94. The first-order valence-corrected chi connectivity index (χ1v) is 5.31. The molecular weight excluding hydrogens is 202 g/mol. The molecule has 0 spiro atoms. The van der Waals surface area contributed by atoms with Crippen LogP contribution in [0.3, 0.4) is 0 Å². The molecule has 0 saturated heterocycles. The number of aromatic nitrogens is 2. The Bertz CT molecular complexity index is 439. The zero-order valence-corrected chi connectivity index (χ0v) is 9.47. The molecule has 0 amide bonds. The molecule has 2 heterocycles. The van der Waals surface area contributed by atoms with Crippen molar-refractivity contribution in [1.82, 2.24) is 9.97 Å². The molecule has 0 aromatic carbocycles. The predicted molar refractivity (Wildman–Crippen MR) is 62.3 cm³/mol. The van der Waals surface area contributed by atoms with E-state index in [1.165, 1.54) is 0 Å². The summed E-state index contributed by atoms with van der Waals surface area (Å²) in [7, 11) is 0.